The fourth-order valence-corrected chi connectivity index (χ4v) is 3.26. The summed E-state index contributed by atoms with van der Waals surface area (Å²) < 4.78 is 27.2. The first-order chi connectivity index (χ1) is 16.9. The molecule has 10 heteroatoms. The topological polar surface area (TPSA) is 110 Å². The molecule has 9 nitrogen and oxygen atoms in total. The summed E-state index contributed by atoms with van der Waals surface area (Å²) in [5, 5.41) is 12.4. The van der Waals surface area contributed by atoms with E-state index in [0.717, 1.165) is 16.8 Å². The predicted octanol–water partition coefficient (Wildman–Crippen LogP) is 5.34. The summed E-state index contributed by atoms with van der Waals surface area (Å²) in [6.07, 6.45) is 2.91. The Kier molecular flexibility index (Phi) is 7.47. The molecule has 0 aliphatic rings. The number of ether oxygens (including phenoxy) is 3. The predicted molar refractivity (Wildman–Crippen MR) is 127 cm³/mol. The molecule has 0 fully saturated rings. The minimum atomic E-state index is -0.561. The summed E-state index contributed by atoms with van der Waals surface area (Å²) in [5.41, 5.74) is 3.11. The van der Waals surface area contributed by atoms with Crippen LogP contribution in [0.15, 0.2) is 57.5 Å². The van der Waals surface area contributed by atoms with Gasteiger partial charge in [0, 0.05) is 16.7 Å². The lowest BCUT2D eigenvalue weighted by atomic mass is 10.2. The van der Waals surface area contributed by atoms with E-state index in [4.69, 9.17) is 34.8 Å². The van der Waals surface area contributed by atoms with Gasteiger partial charge in [0.05, 0.1) is 18.4 Å². The maximum atomic E-state index is 12.1. The van der Waals surface area contributed by atoms with Crippen molar-refractivity contribution >= 4 is 23.6 Å². The fraction of sp³-hybridized carbons (Fsp3) is 0.200. The Morgan fingerprint density at radius 1 is 1.06 bits per heavy atom. The third kappa shape index (κ3) is 6.07. The molecule has 4 rings (SSSR count). The first-order valence-electron chi connectivity index (χ1n) is 10.6. The monoisotopic (exact) mass is 495 g/mol. The summed E-state index contributed by atoms with van der Waals surface area (Å²) in [5.74, 6) is 1.72. The summed E-state index contributed by atoms with van der Waals surface area (Å²) in [6, 6.07) is 12.3. The molecule has 2 heterocycles. The van der Waals surface area contributed by atoms with E-state index in [1.165, 1.54) is 6.08 Å². The second-order valence-corrected chi connectivity index (χ2v) is 7.89. The summed E-state index contributed by atoms with van der Waals surface area (Å²) in [6.45, 7) is 3.84. The Balaban J connectivity index is 1.32. The van der Waals surface area contributed by atoms with Gasteiger partial charge in [-0.15, -0.1) is 10.2 Å². The van der Waals surface area contributed by atoms with Crippen LogP contribution in [0.1, 0.15) is 28.5 Å². The highest BCUT2D eigenvalue weighted by Crippen LogP contribution is 2.30. The molecule has 180 valence electrons. The van der Waals surface area contributed by atoms with Gasteiger partial charge in [0.15, 0.2) is 18.1 Å². The molecule has 2 aromatic carbocycles. The number of rotatable bonds is 9. The standard InChI is InChI=1S/C25H22ClN3O6/c1-15-20(16(2)35-29-15)13-32-21-10-4-17(12-22(21)31-3)5-11-24(30)33-14-23-27-28-25(34-23)18-6-8-19(26)9-7-18/h4-12H,13-14H2,1-3H3/b11-5+. The van der Waals surface area contributed by atoms with Gasteiger partial charge in [-0.1, -0.05) is 22.8 Å². The van der Waals surface area contributed by atoms with E-state index in [-0.39, 0.29) is 12.5 Å². The van der Waals surface area contributed by atoms with Gasteiger partial charge in [-0.3, -0.25) is 0 Å². The van der Waals surface area contributed by atoms with Crippen LogP contribution in [-0.2, 0) is 22.7 Å². The molecule has 0 aliphatic carbocycles. The van der Waals surface area contributed by atoms with Crippen molar-refractivity contribution in [1.29, 1.82) is 0 Å². The molecule has 4 aromatic rings. The second kappa shape index (κ2) is 10.9. The Morgan fingerprint density at radius 2 is 1.86 bits per heavy atom. The van der Waals surface area contributed by atoms with Crippen LogP contribution >= 0.6 is 11.6 Å². The quantitative estimate of drug-likeness (QED) is 0.224. The Bertz CT molecular complexity index is 1320. The average Bonchev–Trinajstić information content (AvgIpc) is 3.47. The summed E-state index contributed by atoms with van der Waals surface area (Å²) in [4.78, 5) is 12.1. The van der Waals surface area contributed by atoms with E-state index in [2.05, 4.69) is 15.4 Å². The average molecular weight is 496 g/mol. The van der Waals surface area contributed by atoms with Crippen molar-refractivity contribution in [2.24, 2.45) is 0 Å². The first kappa shape index (κ1) is 24.0. The van der Waals surface area contributed by atoms with Gasteiger partial charge in [-0.2, -0.15) is 0 Å². The van der Waals surface area contributed by atoms with Crippen LogP contribution in [-0.4, -0.2) is 28.4 Å². The van der Waals surface area contributed by atoms with Gasteiger partial charge in [-0.05, 0) is 61.9 Å². The molecule has 0 bridgehead atoms. The van der Waals surface area contributed by atoms with Gasteiger partial charge >= 0.3 is 5.97 Å². The van der Waals surface area contributed by atoms with Crippen molar-refractivity contribution in [3.63, 3.8) is 0 Å². The number of benzene rings is 2. The Morgan fingerprint density at radius 3 is 2.57 bits per heavy atom. The Labute approximate surface area is 206 Å². The largest absolute Gasteiger partial charge is 0.493 e. The highest BCUT2D eigenvalue weighted by Gasteiger charge is 2.13. The first-order valence-corrected chi connectivity index (χ1v) is 11.0. The van der Waals surface area contributed by atoms with Crippen molar-refractivity contribution in [3.05, 3.63) is 82.0 Å². The number of aromatic nitrogens is 3. The van der Waals surface area contributed by atoms with E-state index in [1.807, 2.05) is 13.8 Å². The molecule has 0 radical (unpaired) electrons. The van der Waals surface area contributed by atoms with Crippen molar-refractivity contribution in [3.8, 4) is 23.0 Å². The van der Waals surface area contributed by atoms with Crippen LogP contribution in [0.2, 0.25) is 5.02 Å². The summed E-state index contributed by atoms with van der Waals surface area (Å²) in [7, 11) is 1.54. The second-order valence-electron chi connectivity index (χ2n) is 7.45. The highest BCUT2D eigenvalue weighted by atomic mass is 35.5. The molecule has 35 heavy (non-hydrogen) atoms. The number of aryl methyl sites for hydroxylation is 2. The molecule has 0 unspecified atom stereocenters. The zero-order valence-electron chi connectivity index (χ0n) is 19.3. The fourth-order valence-electron chi connectivity index (χ4n) is 3.13. The van der Waals surface area contributed by atoms with Gasteiger partial charge in [0.25, 0.3) is 5.89 Å². The lowest BCUT2D eigenvalue weighted by molar-refractivity contribution is -0.139. The number of esters is 1. The van der Waals surface area contributed by atoms with Gasteiger partial charge in [0.1, 0.15) is 12.4 Å². The smallest absolute Gasteiger partial charge is 0.331 e. The lowest BCUT2D eigenvalue weighted by Crippen LogP contribution is -2.01. The Hall–Kier alpha value is -4.11. The third-order valence-corrected chi connectivity index (χ3v) is 5.30. The maximum Gasteiger partial charge on any atom is 0.331 e. The number of halogens is 1. The third-order valence-electron chi connectivity index (χ3n) is 5.05. The molecule has 0 amide bonds. The van der Waals surface area contributed by atoms with Crippen molar-refractivity contribution in [1.82, 2.24) is 15.4 Å². The van der Waals surface area contributed by atoms with Gasteiger partial charge in [0.2, 0.25) is 5.89 Å². The molecule has 0 N–H and O–H groups in total. The van der Waals surface area contributed by atoms with Crippen molar-refractivity contribution in [2.75, 3.05) is 7.11 Å². The van der Waals surface area contributed by atoms with Crippen LogP contribution < -0.4 is 9.47 Å². The highest BCUT2D eigenvalue weighted by molar-refractivity contribution is 6.30. The van der Waals surface area contributed by atoms with E-state index in [9.17, 15) is 4.79 Å². The number of carbonyl (C=O) groups is 1. The number of hydrogen-bond acceptors (Lipinski definition) is 9. The normalized spacial score (nSPS) is 11.1. The summed E-state index contributed by atoms with van der Waals surface area (Å²) >= 11 is 5.88. The van der Waals surface area contributed by atoms with E-state index >= 15 is 0 Å². The van der Waals surface area contributed by atoms with E-state index in [0.29, 0.717) is 40.3 Å². The lowest BCUT2D eigenvalue weighted by Gasteiger charge is -2.11. The molecule has 0 spiro atoms. The minimum absolute atomic E-state index is 0.151. The zero-order valence-corrected chi connectivity index (χ0v) is 20.0. The molecule has 0 aliphatic heterocycles. The number of nitrogens with zero attached hydrogens (tertiary/aromatic N) is 3. The van der Waals surface area contributed by atoms with Crippen LogP contribution in [0, 0.1) is 13.8 Å². The van der Waals surface area contributed by atoms with Crippen LogP contribution in [0.4, 0.5) is 0 Å². The number of hydrogen-bond donors (Lipinski definition) is 0. The van der Waals surface area contributed by atoms with Crippen LogP contribution in [0.25, 0.3) is 17.5 Å². The van der Waals surface area contributed by atoms with Gasteiger partial charge < -0.3 is 23.2 Å². The van der Waals surface area contributed by atoms with E-state index < -0.39 is 5.97 Å². The van der Waals surface area contributed by atoms with Crippen LogP contribution in [0.3, 0.4) is 0 Å². The molecule has 0 saturated carbocycles. The van der Waals surface area contributed by atoms with E-state index in [1.54, 1.807) is 55.7 Å². The van der Waals surface area contributed by atoms with Gasteiger partial charge in [-0.25, -0.2) is 4.79 Å². The van der Waals surface area contributed by atoms with Crippen LogP contribution in [0.5, 0.6) is 11.5 Å². The minimum Gasteiger partial charge on any atom is -0.493 e. The maximum absolute atomic E-state index is 12.1. The molecule has 2 aromatic heterocycles. The molecular weight excluding hydrogens is 474 g/mol. The van der Waals surface area contributed by atoms with Crippen molar-refractivity contribution in [2.45, 2.75) is 27.1 Å². The number of methoxy groups -OCH3 is 1. The number of carbonyl (C=O) groups excluding carboxylic acids is 1. The molecule has 0 saturated heterocycles. The molecular formula is C25H22ClN3O6. The van der Waals surface area contributed by atoms with Crippen molar-refractivity contribution < 1.29 is 27.9 Å². The molecule has 0 atom stereocenters. The zero-order chi connectivity index (χ0) is 24.8. The SMILES string of the molecule is COc1cc(/C=C/C(=O)OCc2nnc(-c3ccc(Cl)cc3)o2)ccc1OCc1c(C)noc1C.